The number of aliphatic hydroxyl groups is 1. The summed E-state index contributed by atoms with van der Waals surface area (Å²) in [5.41, 5.74) is 0. The zero-order valence-electron chi connectivity index (χ0n) is 10.0. The standard InChI is InChI=1S/C13H17NO4/c15-10-8-12(14-9-10)13(16)18-7-6-17-11-4-2-1-3-5-11/h1-5,10,12,14-15H,6-9H2. The summed E-state index contributed by atoms with van der Waals surface area (Å²) in [5.74, 6) is 0.422. The third-order valence-corrected chi connectivity index (χ3v) is 2.73. The van der Waals surface area contributed by atoms with Crippen LogP contribution in [-0.2, 0) is 9.53 Å². The van der Waals surface area contributed by atoms with Crippen molar-refractivity contribution in [3.8, 4) is 5.75 Å². The molecule has 0 aromatic heterocycles. The van der Waals surface area contributed by atoms with E-state index in [4.69, 9.17) is 9.47 Å². The van der Waals surface area contributed by atoms with Gasteiger partial charge in [0.25, 0.3) is 0 Å². The van der Waals surface area contributed by atoms with E-state index in [1.807, 2.05) is 30.3 Å². The average Bonchev–Trinajstić information content (AvgIpc) is 2.82. The van der Waals surface area contributed by atoms with Gasteiger partial charge in [0.15, 0.2) is 0 Å². The van der Waals surface area contributed by atoms with Crippen LogP contribution < -0.4 is 10.1 Å². The number of β-amino-alcohol motifs (C(OH)–C–C–N with tert-alkyl or cyclic N) is 1. The Balaban J connectivity index is 1.62. The second-order valence-corrected chi connectivity index (χ2v) is 4.18. The molecule has 1 aliphatic rings. The summed E-state index contributed by atoms with van der Waals surface area (Å²) in [7, 11) is 0. The first-order valence-electron chi connectivity index (χ1n) is 6.01. The fourth-order valence-electron chi connectivity index (χ4n) is 1.82. The maximum absolute atomic E-state index is 11.6. The minimum atomic E-state index is -0.455. The summed E-state index contributed by atoms with van der Waals surface area (Å²) >= 11 is 0. The topological polar surface area (TPSA) is 67.8 Å². The molecule has 0 bridgehead atoms. The van der Waals surface area contributed by atoms with Crippen LogP contribution in [0.2, 0.25) is 0 Å². The van der Waals surface area contributed by atoms with Crippen LogP contribution in [0.5, 0.6) is 5.75 Å². The molecule has 2 N–H and O–H groups in total. The Morgan fingerprint density at radius 2 is 2.11 bits per heavy atom. The van der Waals surface area contributed by atoms with Crippen LogP contribution in [0.25, 0.3) is 0 Å². The maximum Gasteiger partial charge on any atom is 0.323 e. The Bertz CT molecular complexity index is 382. The number of benzene rings is 1. The van der Waals surface area contributed by atoms with Crippen molar-refractivity contribution >= 4 is 5.97 Å². The zero-order valence-corrected chi connectivity index (χ0v) is 10.0. The number of nitrogens with one attached hydrogen (secondary N) is 1. The number of hydrogen-bond acceptors (Lipinski definition) is 5. The maximum atomic E-state index is 11.6. The molecule has 1 heterocycles. The molecule has 1 aromatic carbocycles. The quantitative estimate of drug-likeness (QED) is 0.583. The molecule has 2 unspecified atom stereocenters. The summed E-state index contributed by atoms with van der Waals surface area (Å²) in [6.45, 7) is 0.979. The molecular weight excluding hydrogens is 234 g/mol. The van der Waals surface area contributed by atoms with Crippen molar-refractivity contribution < 1.29 is 19.4 Å². The Hall–Kier alpha value is -1.59. The molecule has 0 aliphatic carbocycles. The van der Waals surface area contributed by atoms with Crippen molar-refractivity contribution in [2.45, 2.75) is 18.6 Å². The summed E-state index contributed by atoms with van der Waals surface area (Å²) < 4.78 is 10.5. The van der Waals surface area contributed by atoms with E-state index in [1.54, 1.807) is 0 Å². The van der Waals surface area contributed by atoms with E-state index >= 15 is 0 Å². The van der Waals surface area contributed by atoms with Gasteiger partial charge < -0.3 is 19.9 Å². The summed E-state index contributed by atoms with van der Waals surface area (Å²) in [5, 5.41) is 12.2. The first-order valence-corrected chi connectivity index (χ1v) is 6.01. The van der Waals surface area contributed by atoms with Gasteiger partial charge in [0, 0.05) is 13.0 Å². The molecule has 0 saturated carbocycles. The highest BCUT2D eigenvalue weighted by Crippen LogP contribution is 2.09. The van der Waals surface area contributed by atoms with Crippen LogP contribution in [0.3, 0.4) is 0 Å². The molecule has 0 radical (unpaired) electrons. The summed E-state index contributed by atoms with van der Waals surface area (Å²) in [6, 6.07) is 8.96. The normalized spacial score (nSPS) is 22.7. The molecule has 98 valence electrons. The van der Waals surface area contributed by atoms with Crippen molar-refractivity contribution in [3.63, 3.8) is 0 Å². The Morgan fingerprint density at radius 3 is 2.78 bits per heavy atom. The van der Waals surface area contributed by atoms with Crippen LogP contribution in [0, 0.1) is 0 Å². The molecule has 1 aliphatic heterocycles. The van der Waals surface area contributed by atoms with Crippen LogP contribution in [0.15, 0.2) is 30.3 Å². The highest BCUT2D eigenvalue weighted by Gasteiger charge is 2.29. The predicted octanol–water partition coefficient (Wildman–Crippen LogP) is 0.331. The fraction of sp³-hybridized carbons (Fsp3) is 0.462. The van der Waals surface area contributed by atoms with E-state index in [-0.39, 0.29) is 12.6 Å². The van der Waals surface area contributed by atoms with Gasteiger partial charge in [0.1, 0.15) is 25.0 Å². The number of ether oxygens (including phenoxy) is 2. The lowest BCUT2D eigenvalue weighted by atomic mass is 10.2. The predicted molar refractivity (Wildman–Crippen MR) is 65.3 cm³/mol. The lowest BCUT2D eigenvalue weighted by Gasteiger charge is -2.10. The van der Waals surface area contributed by atoms with Crippen LogP contribution in [0.1, 0.15) is 6.42 Å². The highest BCUT2D eigenvalue weighted by molar-refractivity contribution is 5.76. The lowest BCUT2D eigenvalue weighted by molar-refractivity contribution is -0.146. The Labute approximate surface area is 106 Å². The number of rotatable bonds is 5. The minimum absolute atomic E-state index is 0.210. The number of aliphatic hydroxyl groups excluding tert-OH is 1. The SMILES string of the molecule is O=C(OCCOc1ccccc1)C1CC(O)CN1. The third kappa shape index (κ3) is 3.72. The van der Waals surface area contributed by atoms with E-state index in [9.17, 15) is 9.90 Å². The molecule has 2 atom stereocenters. The molecule has 1 saturated heterocycles. The van der Waals surface area contributed by atoms with E-state index in [2.05, 4.69) is 5.32 Å². The molecule has 0 amide bonds. The first-order chi connectivity index (χ1) is 8.75. The molecule has 1 aromatic rings. The first kappa shape index (κ1) is 12.9. The highest BCUT2D eigenvalue weighted by atomic mass is 16.6. The van der Waals surface area contributed by atoms with Gasteiger partial charge in [0.2, 0.25) is 0 Å². The van der Waals surface area contributed by atoms with Gasteiger partial charge in [-0.25, -0.2) is 0 Å². The van der Waals surface area contributed by atoms with Crippen LogP contribution in [-0.4, -0.2) is 43.0 Å². The number of carbonyl (C=O) groups excluding carboxylic acids is 1. The largest absolute Gasteiger partial charge is 0.490 e. The molecule has 18 heavy (non-hydrogen) atoms. The third-order valence-electron chi connectivity index (χ3n) is 2.73. The van der Waals surface area contributed by atoms with Gasteiger partial charge in [-0.15, -0.1) is 0 Å². The van der Waals surface area contributed by atoms with E-state index in [0.29, 0.717) is 19.6 Å². The lowest BCUT2D eigenvalue weighted by Crippen LogP contribution is -2.33. The van der Waals surface area contributed by atoms with Crippen molar-refractivity contribution in [2.24, 2.45) is 0 Å². The van der Waals surface area contributed by atoms with Gasteiger partial charge in [-0.3, -0.25) is 4.79 Å². The van der Waals surface area contributed by atoms with Crippen molar-refractivity contribution in [3.05, 3.63) is 30.3 Å². The molecular formula is C13H17NO4. The van der Waals surface area contributed by atoms with E-state index < -0.39 is 12.1 Å². The van der Waals surface area contributed by atoms with Gasteiger partial charge in [-0.2, -0.15) is 0 Å². The second kappa shape index (κ2) is 6.37. The van der Waals surface area contributed by atoms with Crippen LogP contribution in [0.4, 0.5) is 0 Å². The second-order valence-electron chi connectivity index (χ2n) is 4.18. The Morgan fingerprint density at radius 1 is 1.33 bits per heavy atom. The average molecular weight is 251 g/mol. The minimum Gasteiger partial charge on any atom is -0.490 e. The fourth-order valence-corrected chi connectivity index (χ4v) is 1.82. The summed E-state index contributed by atoms with van der Waals surface area (Å²) in [4.78, 5) is 11.6. The number of esters is 1. The van der Waals surface area contributed by atoms with Crippen molar-refractivity contribution in [1.82, 2.24) is 5.32 Å². The van der Waals surface area contributed by atoms with Crippen LogP contribution >= 0.6 is 0 Å². The Kier molecular flexibility index (Phi) is 4.55. The van der Waals surface area contributed by atoms with Gasteiger partial charge >= 0.3 is 5.97 Å². The molecule has 2 rings (SSSR count). The van der Waals surface area contributed by atoms with Gasteiger partial charge in [-0.1, -0.05) is 18.2 Å². The number of hydrogen-bond donors (Lipinski definition) is 2. The molecule has 5 nitrogen and oxygen atoms in total. The number of para-hydroxylation sites is 1. The summed E-state index contributed by atoms with van der Waals surface area (Å²) in [6.07, 6.45) is -0.0404. The van der Waals surface area contributed by atoms with Gasteiger partial charge in [-0.05, 0) is 12.1 Å². The number of carbonyl (C=O) groups is 1. The molecule has 5 heteroatoms. The van der Waals surface area contributed by atoms with E-state index in [0.717, 1.165) is 5.75 Å². The van der Waals surface area contributed by atoms with E-state index in [1.165, 1.54) is 0 Å². The molecule has 0 spiro atoms. The van der Waals surface area contributed by atoms with Gasteiger partial charge in [0.05, 0.1) is 6.10 Å². The van der Waals surface area contributed by atoms with Crippen molar-refractivity contribution in [2.75, 3.05) is 19.8 Å². The van der Waals surface area contributed by atoms with Crippen molar-refractivity contribution in [1.29, 1.82) is 0 Å². The molecule has 1 fully saturated rings. The smallest absolute Gasteiger partial charge is 0.323 e. The zero-order chi connectivity index (χ0) is 12.8. The monoisotopic (exact) mass is 251 g/mol.